The van der Waals surface area contributed by atoms with E-state index in [1.807, 2.05) is 30.3 Å². The number of nitrogens with zero attached hydrogens (tertiary/aromatic N) is 2. The number of aliphatic hydroxyl groups excluding tert-OH is 1. The Labute approximate surface area is 203 Å². The molecule has 2 aromatic carbocycles. The Hall–Kier alpha value is -4.26. The molecule has 0 aliphatic carbocycles. The second-order valence-corrected chi connectivity index (χ2v) is 8.15. The zero-order valence-corrected chi connectivity index (χ0v) is 19.4. The van der Waals surface area contributed by atoms with Crippen LogP contribution in [0.2, 0.25) is 0 Å². The summed E-state index contributed by atoms with van der Waals surface area (Å²) in [4.78, 5) is 44.0. The molecule has 1 N–H and O–H groups in total. The minimum absolute atomic E-state index is 0.0419. The fourth-order valence-corrected chi connectivity index (χ4v) is 4.16. The van der Waals surface area contributed by atoms with Crippen molar-refractivity contribution in [1.29, 1.82) is 0 Å². The average molecular weight is 471 g/mol. The number of ketones is 1. The van der Waals surface area contributed by atoms with Crippen LogP contribution in [0.5, 0.6) is 0 Å². The van der Waals surface area contributed by atoms with Gasteiger partial charge in [0.25, 0.3) is 5.91 Å². The molecular formula is C28H26N2O5. The first-order valence-corrected chi connectivity index (χ1v) is 11.5. The van der Waals surface area contributed by atoms with Gasteiger partial charge in [-0.15, -0.1) is 0 Å². The first-order chi connectivity index (χ1) is 17.0. The maximum Gasteiger partial charge on any atom is 0.310 e. The van der Waals surface area contributed by atoms with Crippen molar-refractivity contribution in [1.82, 2.24) is 4.98 Å². The highest BCUT2D eigenvalue weighted by Gasteiger charge is 2.44. The summed E-state index contributed by atoms with van der Waals surface area (Å²) in [6.45, 7) is 2.05. The molecule has 0 radical (unpaired) electrons. The van der Waals surface area contributed by atoms with E-state index < -0.39 is 17.7 Å². The number of hydrogen-bond donors (Lipinski definition) is 1. The normalized spacial score (nSPS) is 15.4. The molecule has 2 heterocycles. The Morgan fingerprint density at radius 1 is 0.971 bits per heavy atom. The lowest BCUT2D eigenvalue weighted by Gasteiger charge is -2.26. The Kier molecular flexibility index (Phi) is 7.35. The lowest BCUT2D eigenvalue weighted by Crippen LogP contribution is -2.31. The van der Waals surface area contributed by atoms with E-state index in [9.17, 15) is 19.5 Å². The van der Waals surface area contributed by atoms with Gasteiger partial charge in [0, 0.05) is 18.3 Å². The molecule has 1 atom stereocenters. The second-order valence-electron chi connectivity index (χ2n) is 8.15. The van der Waals surface area contributed by atoms with Crippen molar-refractivity contribution >= 4 is 23.3 Å². The standard InChI is InChI=1S/C28H26N2O5/c1-2-35-24(32)18-20-11-14-21(15-12-20)30-26(22-10-6-7-17-29-22)25(27(33)28(30)34)23(31)16-13-19-8-4-3-5-9-19/h3-12,14-15,17,26,33H,2,13,16,18H2,1H3. The molecule has 0 bridgehead atoms. The van der Waals surface area contributed by atoms with Crippen LogP contribution in [0.25, 0.3) is 0 Å². The number of rotatable bonds is 9. The number of Topliss-reactive ketones (excluding diaryl/α,β-unsaturated/α-hetero) is 1. The summed E-state index contributed by atoms with van der Waals surface area (Å²) >= 11 is 0. The van der Waals surface area contributed by atoms with Crippen LogP contribution in [0.3, 0.4) is 0 Å². The molecule has 4 rings (SSSR count). The molecule has 3 aromatic rings. The van der Waals surface area contributed by atoms with Gasteiger partial charge in [-0.05, 0) is 48.7 Å². The van der Waals surface area contributed by atoms with Crippen LogP contribution in [0, 0.1) is 0 Å². The largest absolute Gasteiger partial charge is 0.503 e. The summed E-state index contributed by atoms with van der Waals surface area (Å²) in [6, 6.07) is 20.8. The minimum atomic E-state index is -0.858. The summed E-state index contributed by atoms with van der Waals surface area (Å²) in [5, 5.41) is 10.8. The van der Waals surface area contributed by atoms with Crippen LogP contribution in [-0.2, 0) is 32.0 Å². The van der Waals surface area contributed by atoms with Gasteiger partial charge >= 0.3 is 5.97 Å². The number of esters is 1. The number of amides is 1. The van der Waals surface area contributed by atoms with Crippen molar-refractivity contribution in [3.05, 3.63) is 107 Å². The molecule has 1 amide bonds. The Morgan fingerprint density at radius 2 is 1.69 bits per heavy atom. The van der Waals surface area contributed by atoms with Gasteiger partial charge in [-0.3, -0.25) is 24.3 Å². The van der Waals surface area contributed by atoms with E-state index in [0.29, 0.717) is 24.4 Å². The summed E-state index contributed by atoms with van der Waals surface area (Å²) in [6.07, 6.45) is 2.33. The summed E-state index contributed by atoms with van der Waals surface area (Å²) < 4.78 is 4.99. The van der Waals surface area contributed by atoms with Crippen LogP contribution in [-0.4, -0.2) is 34.4 Å². The van der Waals surface area contributed by atoms with Crippen LogP contribution in [0.15, 0.2) is 90.3 Å². The summed E-state index contributed by atoms with van der Waals surface area (Å²) in [7, 11) is 0. The number of hydrogen-bond acceptors (Lipinski definition) is 6. The van der Waals surface area contributed by atoms with E-state index in [1.54, 1.807) is 55.6 Å². The number of benzene rings is 2. The number of pyridine rings is 1. The molecule has 35 heavy (non-hydrogen) atoms. The molecule has 0 spiro atoms. The molecule has 178 valence electrons. The van der Waals surface area contributed by atoms with Crippen LogP contribution < -0.4 is 4.90 Å². The van der Waals surface area contributed by atoms with Crippen molar-refractivity contribution in [3.63, 3.8) is 0 Å². The topological polar surface area (TPSA) is 96.8 Å². The Morgan fingerprint density at radius 3 is 2.34 bits per heavy atom. The molecule has 1 aliphatic heterocycles. The molecule has 7 heteroatoms. The van der Waals surface area contributed by atoms with Crippen LogP contribution >= 0.6 is 0 Å². The van der Waals surface area contributed by atoms with Crippen molar-refractivity contribution in [2.45, 2.75) is 32.2 Å². The van der Waals surface area contributed by atoms with E-state index in [0.717, 1.165) is 11.1 Å². The second kappa shape index (κ2) is 10.8. The average Bonchev–Trinajstić information content (AvgIpc) is 3.15. The molecule has 1 unspecified atom stereocenters. The van der Waals surface area contributed by atoms with Gasteiger partial charge in [-0.1, -0.05) is 48.5 Å². The third-order valence-corrected chi connectivity index (χ3v) is 5.83. The highest BCUT2D eigenvalue weighted by atomic mass is 16.5. The number of aromatic nitrogens is 1. The van der Waals surface area contributed by atoms with E-state index >= 15 is 0 Å². The first-order valence-electron chi connectivity index (χ1n) is 11.5. The number of ether oxygens (including phenoxy) is 1. The first kappa shape index (κ1) is 23.9. The molecular weight excluding hydrogens is 444 g/mol. The highest BCUT2D eigenvalue weighted by Crippen LogP contribution is 2.40. The third-order valence-electron chi connectivity index (χ3n) is 5.83. The van der Waals surface area contributed by atoms with E-state index in [2.05, 4.69) is 4.98 Å². The fraction of sp³-hybridized carbons (Fsp3) is 0.214. The summed E-state index contributed by atoms with van der Waals surface area (Å²) in [5.41, 5.74) is 2.72. The maximum atomic E-state index is 13.3. The lowest BCUT2D eigenvalue weighted by atomic mass is 9.95. The predicted octanol–water partition coefficient (Wildman–Crippen LogP) is 4.29. The predicted molar refractivity (Wildman–Crippen MR) is 131 cm³/mol. The van der Waals surface area contributed by atoms with E-state index in [1.165, 1.54) is 4.90 Å². The van der Waals surface area contributed by atoms with Gasteiger partial charge in [-0.25, -0.2) is 0 Å². The van der Waals surface area contributed by atoms with Gasteiger partial charge in [0.05, 0.1) is 24.3 Å². The quantitative estimate of drug-likeness (QED) is 0.469. The molecule has 1 aromatic heterocycles. The highest BCUT2D eigenvalue weighted by molar-refractivity contribution is 6.16. The molecule has 0 saturated heterocycles. The van der Waals surface area contributed by atoms with Crippen LogP contribution in [0.1, 0.15) is 36.2 Å². The van der Waals surface area contributed by atoms with Gasteiger partial charge in [0.2, 0.25) is 0 Å². The smallest absolute Gasteiger partial charge is 0.310 e. The molecule has 1 aliphatic rings. The zero-order chi connectivity index (χ0) is 24.8. The van der Waals surface area contributed by atoms with E-state index in [-0.39, 0.29) is 30.2 Å². The molecule has 7 nitrogen and oxygen atoms in total. The number of aryl methyl sites for hydroxylation is 1. The van der Waals surface area contributed by atoms with Crippen molar-refractivity contribution in [2.75, 3.05) is 11.5 Å². The van der Waals surface area contributed by atoms with Crippen LogP contribution in [0.4, 0.5) is 5.69 Å². The SMILES string of the molecule is CCOC(=O)Cc1ccc(N2C(=O)C(O)=C(C(=O)CCc3ccccc3)C2c2ccccn2)cc1. The number of anilines is 1. The van der Waals surface area contributed by atoms with Crippen molar-refractivity contribution in [2.24, 2.45) is 0 Å². The number of aliphatic hydroxyl groups is 1. The molecule has 0 fully saturated rings. The van der Waals surface area contributed by atoms with E-state index in [4.69, 9.17) is 4.74 Å². The van der Waals surface area contributed by atoms with Gasteiger partial charge in [0.15, 0.2) is 11.5 Å². The van der Waals surface area contributed by atoms with Gasteiger partial charge < -0.3 is 9.84 Å². The fourth-order valence-electron chi connectivity index (χ4n) is 4.16. The third kappa shape index (κ3) is 5.30. The summed E-state index contributed by atoms with van der Waals surface area (Å²) in [5.74, 6) is -1.87. The zero-order valence-electron chi connectivity index (χ0n) is 19.4. The van der Waals surface area contributed by atoms with Crippen molar-refractivity contribution < 1.29 is 24.2 Å². The molecule has 0 saturated carbocycles. The number of carbonyl (C=O) groups excluding carboxylic acids is 3. The Bertz CT molecular complexity index is 1240. The minimum Gasteiger partial charge on any atom is -0.503 e. The van der Waals surface area contributed by atoms with Crippen molar-refractivity contribution in [3.8, 4) is 0 Å². The maximum absolute atomic E-state index is 13.3. The van der Waals surface area contributed by atoms with Gasteiger partial charge in [-0.2, -0.15) is 0 Å². The number of carbonyl (C=O) groups is 3. The van der Waals surface area contributed by atoms with Gasteiger partial charge in [0.1, 0.15) is 6.04 Å². The lowest BCUT2D eigenvalue weighted by molar-refractivity contribution is -0.142. The Balaban J connectivity index is 1.63. The monoisotopic (exact) mass is 470 g/mol.